The summed E-state index contributed by atoms with van der Waals surface area (Å²) >= 11 is 1.38. The number of nitrogens with zero attached hydrogens (tertiary/aromatic N) is 1. The Balaban J connectivity index is 1.51. The van der Waals surface area contributed by atoms with Gasteiger partial charge in [0.05, 0.1) is 6.10 Å². The van der Waals surface area contributed by atoms with Crippen LogP contribution < -0.4 is 10.1 Å². The van der Waals surface area contributed by atoms with E-state index in [0.29, 0.717) is 17.1 Å². The van der Waals surface area contributed by atoms with Crippen LogP contribution in [-0.4, -0.2) is 57.4 Å². The largest absolute Gasteiger partial charge is 0.484 e. The first kappa shape index (κ1) is 18.8. The molecule has 1 unspecified atom stereocenters. The number of hydrogen-bond donors (Lipinski definition) is 2. The van der Waals surface area contributed by atoms with Gasteiger partial charge < -0.3 is 19.9 Å². The number of carboxylic acids is 1. The molecule has 28 heavy (non-hydrogen) atoms. The predicted molar refractivity (Wildman–Crippen MR) is 100 cm³/mol. The summed E-state index contributed by atoms with van der Waals surface area (Å²) in [5.74, 6) is -1.23. The molecule has 1 saturated heterocycles. The third-order valence-electron chi connectivity index (χ3n) is 4.74. The number of para-hydroxylation sites is 1. The second-order valence-electron chi connectivity index (χ2n) is 6.98. The van der Waals surface area contributed by atoms with Gasteiger partial charge in [-0.15, -0.1) is 11.8 Å². The number of fused-ring (bicyclic) bond motifs is 1. The number of rotatable bonds is 7. The van der Waals surface area contributed by atoms with Crippen LogP contribution in [0.2, 0.25) is 0 Å². The lowest BCUT2D eigenvalue weighted by molar-refractivity contribution is -0.201. The van der Waals surface area contributed by atoms with Crippen molar-refractivity contribution in [2.45, 2.75) is 37.0 Å². The second kappa shape index (κ2) is 7.14. The van der Waals surface area contributed by atoms with Crippen LogP contribution in [0.1, 0.15) is 19.8 Å². The van der Waals surface area contributed by atoms with Crippen LogP contribution in [0, 0.1) is 0 Å². The van der Waals surface area contributed by atoms with E-state index in [1.165, 1.54) is 16.7 Å². The van der Waals surface area contributed by atoms with E-state index in [-0.39, 0.29) is 18.4 Å². The number of carboxylic acid groups (broad SMARTS) is 1. The van der Waals surface area contributed by atoms with Crippen molar-refractivity contribution < 1.29 is 29.0 Å². The van der Waals surface area contributed by atoms with Crippen molar-refractivity contribution in [1.29, 1.82) is 0 Å². The Kier molecular flexibility index (Phi) is 4.80. The van der Waals surface area contributed by atoms with Crippen molar-refractivity contribution in [3.05, 3.63) is 41.6 Å². The summed E-state index contributed by atoms with van der Waals surface area (Å²) in [6, 6.07) is 8.87. The summed E-state index contributed by atoms with van der Waals surface area (Å²) in [4.78, 5) is 38.3. The molecule has 2 heterocycles. The lowest BCUT2D eigenvalue weighted by Crippen LogP contribution is -2.81. The van der Waals surface area contributed by atoms with E-state index < -0.39 is 28.9 Å². The first-order valence-electron chi connectivity index (χ1n) is 8.97. The Hall–Kier alpha value is -2.52. The molecule has 1 aliphatic carbocycles. The van der Waals surface area contributed by atoms with Gasteiger partial charge in [0.25, 0.3) is 17.5 Å². The molecule has 2 amide bonds. The van der Waals surface area contributed by atoms with Gasteiger partial charge in [-0.25, -0.2) is 4.79 Å². The molecular formula is C19H20N2O6S. The van der Waals surface area contributed by atoms with Crippen molar-refractivity contribution in [2.75, 3.05) is 12.4 Å². The first-order valence-corrected chi connectivity index (χ1v) is 10.0. The highest BCUT2D eigenvalue weighted by molar-refractivity contribution is 8.00. The average Bonchev–Trinajstić information content (AvgIpc) is 3.49. The highest BCUT2D eigenvalue weighted by Gasteiger charge is 2.68. The normalized spacial score (nSPS) is 26.4. The number of ether oxygens (including phenoxy) is 2. The number of amides is 2. The quantitative estimate of drug-likeness (QED) is 0.522. The van der Waals surface area contributed by atoms with Crippen LogP contribution in [0.3, 0.4) is 0 Å². The van der Waals surface area contributed by atoms with E-state index in [4.69, 9.17) is 9.47 Å². The van der Waals surface area contributed by atoms with Gasteiger partial charge in [-0.3, -0.25) is 14.5 Å². The van der Waals surface area contributed by atoms with Crippen molar-refractivity contribution >= 4 is 29.5 Å². The van der Waals surface area contributed by atoms with Crippen LogP contribution in [-0.2, 0) is 19.1 Å². The molecule has 0 bridgehead atoms. The van der Waals surface area contributed by atoms with Gasteiger partial charge in [0, 0.05) is 5.75 Å². The molecule has 2 fully saturated rings. The van der Waals surface area contributed by atoms with E-state index in [1.54, 1.807) is 31.2 Å². The molecule has 0 spiro atoms. The SMILES string of the molecule is CC1=C(C(=O)O)N2C(=O)C(NC(=O)COc3ccccc3)(OC3CC3)[C@@H]2SC1. The van der Waals surface area contributed by atoms with Crippen LogP contribution in [0.4, 0.5) is 0 Å². The van der Waals surface area contributed by atoms with Crippen molar-refractivity contribution in [2.24, 2.45) is 0 Å². The van der Waals surface area contributed by atoms with Gasteiger partial charge in [0.1, 0.15) is 16.8 Å². The topological polar surface area (TPSA) is 105 Å². The predicted octanol–water partition coefficient (Wildman–Crippen LogP) is 1.33. The minimum atomic E-state index is -1.55. The van der Waals surface area contributed by atoms with E-state index in [9.17, 15) is 19.5 Å². The van der Waals surface area contributed by atoms with Gasteiger partial charge in [-0.2, -0.15) is 0 Å². The Bertz CT molecular complexity index is 853. The molecule has 0 aromatic heterocycles. The molecule has 2 N–H and O–H groups in total. The van der Waals surface area contributed by atoms with E-state index in [1.807, 2.05) is 6.07 Å². The molecule has 148 valence electrons. The summed E-state index contributed by atoms with van der Waals surface area (Å²) < 4.78 is 11.4. The number of thioether (sulfide) groups is 1. The summed E-state index contributed by atoms with van der Waals surface area (Å²) in [6.45, 7) is 1.42. The fourth-order valence-corrected chi connectivity index (χ4v) is 4.64. The lowest BCUT2D eigenvalue weighted by Gasteiger charge is -2.56. The van der Waals surface area contributed by atoms with E-state index in [2.05, 4.69) is 5.32 Å². The van der Waals surface area contributed by atoms with Gasteiger partial charge in [-0.05, 0) is 37.5 Å². The number of benzene rings is 1. The molecule has 9 heteroatoms. The van der Waals surface area contributed by atoms with Gasteiger partial charge in [-0.1, -0.05) is 18.2 Å². The zero-order valence-electron chi connectivity index (χ0n) is 15.2. The Morgan fingerprint density at radius 2 is 2.04 bits per heavy atom. The Labute approximate surface area is 165 Å². The minimum Gasteiger partial charge on any atom is -0.484 e. The van der Waals surface area contributed by atoms with Gasteiger partial charge in [0.2, 0.25) is 0 Å². The zero-order valence-corrected chi connectivity index (χ0v) is 16.0. The number of aliphatic carboxylic acids is 1. The number of β-lactam (4-membered cyclic amide) rings is 1. The smallest absolute Gasteiger partial charge is 0.352 e. The maximum absolute atomic E-state index is 13.0. The Morgan fingerprint density at radius 3 is 2.68 bits per heavy atom. The molecule has 2 atom stereocenters. The second-order valence-corrected chi connectivity index (χ2v) is 8.04. The number of hydrogen-bond acceptors (Lipinski definition) is 6. The van der Waals surface area contributed by atoms with E-state index in [0.717, 1.165) is 12.8 Å². The van der Waals surface area contributed by atoms with Crippen LogP contribution in [0.15, 0.2) is 41.6 Å². The highest BCUT2D eigenvalue weighted by Crippen LogP contribution is 2.48. The third kappa shape index (κ3) is 3.24. The maximum Gasteiger partial charge on any atom is 0.352 e. The van der Waals surface area contributed by atoms with Crippen LogP contribution in [0.25, 0.3) is 0 Å². The van der Waals surface area contributed by atoms with Crippen LogP contribution in [0.5, 0.6) is 5.75 Å². The van der Waals surface area contributed by atoms with Crippen molar-refractivity contribution in [1.82, 2.24) is 10.2 Å². The fourth-order valence-electron chi connectivity index (χ4n) is 3.29. The lowest BCUT2D eigenvalue weighted by atomic mass is 9.98. The highest BCUT2D eigenvalue weighted by atomic mass is 32.2. The zero-order chi connectivity index (χ0) is 19.9. The summed E-state index contributed by atoms with van der Waals surface area (Å²) in [5, 5.41) is 11.6. The summed E-state index contributed by atoms with van der Waals surface area (Å²) in [5.41, 5.74) is -0.968. The molecule has 8 nitrogen and oxygen atoms in total. The number of carbonyl (C=O) groups excluding carboxylic acids is 2. The molecular weight excluding hydrogens is 384 g/mol. The average molecular weight is 404 g/mol. The van der Waals surface area contributed by atoms with Gasteiger partial charge >= 0.3 is 5.97 Å². The van der Waals surface area contributed by atoms with Crippen LogP contribution >= 0.6 is 11.8 Å². The van der Waals surface area contributed by atoms with Crippen molar-refractivity contribution in [3.8, 4) is 5.75 Å². The number of carbonyl (C=O) groups is 3. The maximum atomic E-state index is 13.0. The number of nitrogens with one attached hydrogen (secondary N) is 1. The first-order chi connectivity index (χ1) is 13.4. The summed E-state index contributed by atoms with van der Waals surface area (Å²) in [7, 11) is 0. The Morgan fingerprint density at radius 1 is 1.32 bits per heavy atom. The molecule has 1 aromatic carbocycles. The molecule has 3 aliphatic rings. The monoisotopic (exact) mass is 404 g/mol. The van der Waals surface area contributed by atoms with E-state index >= 15 is 0 Å². The van der Waals surface area contributed by atoms with Gasteiger partial charge in [0.15, 0.2) is 6.61 Å². The molecule has 0 radical (unpaired) electrons. The minimum absolute atomic E-state index is 0.0291. The summed E-state index contributed by atoms with van der Waals surface area (Å²) in [6.07, 6.45) is 1.51. The van der Waals surface area contributed by atoms with Crippen molar-refractivity contribution in [3.63, 3.8) is 0 Å². The molecule has 1 aromatic rings. The molecule has 1 saturated carbocycles. The molecule has 2 aliphatic heterocycles. The standard InChI is InChI=1S/C19H20N2O6S/c1-11-10-28-18-19(27-13-7-8-13,17(25)21(18)15(11)16(23)24)20-14(22)9-26-12-5-3-2-4-6-12/h2-6,13,18H,7-10H2,1H3,(H,20,22)(H,23,24)/t18-,19?/m0/s1. The fraction of sp³-hybridized carbons (Fsp3) is 0.421. The third-order valence-corrected chi connectivity index (χ3v) is 6.20. The molecule has 4 rings (SSSR count).